The largest absolute Gasteiger partial charge is 0.433 e. The van der Waals surface area contributed by atoms with Gasteiger partial charge in [0.1, 0.15) is 23.5 Å². The third-order valence-corrected chi connectivity index (χ3v) is 7.61. The van der Waals surface area contributed by atoms with Crippen molar-refractivity contribution in [2.75, 3.05) is 0 Å². The van der Waals surface area contributed by atoms with Crippen molar-refractivity contribution < 1.29 is 13.2 Å². The number of halogens is 4. The molecule has 0 fully saturated rings. The SMILES string of the molecule is FC(F)(F)c1cccc(-n2ncc3ccc(-c4ccnc(Cl)n4)cc32)n1.N#Cc1cccc(-n2ncc3ccc(-c4ccnc(C#N)n4)cc32)n1. The molecule has 6 heterocycles. The molecule has 0 atom stereocenters. The summed E-state index contributed by atoms with van der Waals surface area (Å²) in [4.78, 5) is 24.1. The quantitative estimate of drug-likeness (QED) is 0.172. The molecule has 0 aliphatic rings. The fraction of sp³-hybridized carbons (Fsp3) is 0.0286. The number of nitrogens with zero attached hydrogens (tertiary/aromatic N) is 12. The van der Waals surface area contributed by atoms with Crippen LogP contribution in [0, 0.1) is 22.7 Å². The van der Waals surface area contributed by atoms with Crippen LogP contribution in [0.25, 0.3) is 56.0 Å². The van der Waals surface area contributed by atoms with Crippen LogP contribution in [0.1, 0.15) is 17.2 Å². The number of nitriles is 2. The van der Waals surface area contributed by atoms with Gasteiger partial charge in [0.25, 0.3) is 0 Å². The average Bonchev–Trinajstić information content (AvgIpc) is 3.79. The first-order valence-electron chi connectivity index (χ1n) is 14.8. The molecule has 0 bridgehead atoms. The molecule has 0 saturated carbocycles. The summed E-state index contributed by atoms with van der Waals surface area (Å²) in [6.07, 6.45) is 1.86. The van der Waals surface area contributed by atoms with Gasteiger partial charge in [-0.05, 0) is 60.1 Å². The summed E-state index contributed by atoms with van der Waals surface area (Å²) in [7, 11) is 0. The molecule has 0 saturated heterocycles. The van der Waals surface area contributed by atoms with E-state index in [1.807, 2.05) is 36.4 Å². The van der Waals surface area contributed by atoms with Gasteiger partial charge < -0.3 is 0 Å². The Labute approximate surface area is 290 Å². The predicted octanol–water partition coefficient (Wildman–Crippen LogP) is 7.17. The third kappa shape index (κ3) is 6.78. The maximum Gasteiger partial charge on any atom is 0.433 e. The van der Waals surface area contributed by atoms with Gasteiger partial charge in [-0.1, -0.05) is 36.4 Å². The zero-order valence-corrected chi connectivity index (χ0v) is 26.5. The molecule has 2 aromatic carbocycles. The summed E-state index contributed by atoms with van der Waals surface area (Å²) < 4.78 is 41.8. The van der Waals surface area contributed by atoms with E-state index in [0.717, 1.165) is 33.5 Å². The van der Waals surface area contributed by atoms with Gasteiger partial charge in [0.2, 0.25) is 11.1 Å². The first kappa shape index (κ1) is 32.4. The second-order valence-electron chi connectivity index (χ2n) is 10.6. The lowest BCUT2D eigenvalue weighted by atomic mass is 10.1. The van der Waals surface area contributed by atoms with Gasteiger partial charge in [0.15, 0.2) is 11.6 Å². The Morgan fingerprint density at radius 3 is 1.80 bits per heavy atom. The maximum atomic E-state index is 12.9. The molecule has 246 valence electrons. The number of benzene rings is 2. The van der Waals surface area contributed by atoms with E-state index < -0.39 is 11.9 Å². The molecule has 8 rings (SSSR count). The van der Waals surface area contributed by atoms with Gasteiger partial charge >= 0.3 is 6.18 Å². The molecule has 16 heteroatoms. The number of hydrogen-bond acceptors (Lipinski definition) is 10. The second-order valence-corrected chi connectivity index (χ2v) is 11.0. The summed E-state index contributed by atoms with van der Waals surface area (Å²) in [5, 5.41) is 28.3. The Hall–Kier alpha value is -7.10. The number of aromatic nitrogens is 10. The Kier molecular flexibility index (Phi) is 8.54. The van der Waals surface area contributed by atoms with E-state index in [2.05, 4.69) is 40.1 Å². The van der Waals surface area contributed by atoms with Crippen LogP contribution < -0.4 is 0 Å². The Balaban J connectivity index is 0.000000159. The van der Waals surface area contributed by atoms with Crippen molar-refractivity contribution in [2.24, 2.45) is 0 Å². The first-order valence-corrected chi connectivity index (χ1v) is 15.2. The maximum absolute atomic E-state index is 12.9. The summed E-state index contributed by atoms with van der Waals surface area (Å²) in [5.74, 6) is 0.758. The number of hydrogen-bond donors (Lipinski definition) is 0. The monoisotopic (exact) mass is 698 g/mol. The van der Waals surface area contributed by atoms with Crippen molar-refractivity contribution >= 4 is 33.4 Å². The van der Waals surface area contributed by atoms with Crippen LogP contribution in [0.4, 0.5) is 13.2 Å². The summed E-state index contributed by atoms with van der Waals surface area (Å²) in [6.45, 7) is 0. The zero-order valence-electron chi connectivity index (χ0n) is 25.8. The van der Waals surface area contributed by atoms with Gasteiger partial charge in [-0.3, -0.25) is 0 Å². The smallest absolute Gasteiger partial charge is 0.227 e. The van der Waals surface area contributed by atoms with Crippen LogP contribution in [0.15, 0.2) is 110 Å². The molecule has 0 amide bonds. The number of fused-ring (bicyclic) bond motifs is 2. The molecule has 12 nitrogen and oxygen atoms in total. The molecule has 0 radical (unpaired) electrons. The Bertz CT molecular complexity index is 2650. The topological polar surface area (TPSA) is 161 Å². The highest BCUT2D eigenvalue weighted by atomic mass is 35.5. The third-order valence-electron chi connectivity index (χ3n) is 7.42. The van der Waals surface area contributed by atoms with E-state index in [1.54, 1.807) is 65.7 Å². The normalized spacial score (nSPS) is 11.1. The lowest BCUT2D eigenvalue weighted by molar-refractivity contribution is -0.141. The summed E-state index contributed by atoms with van der Waals surface area (Å²) in [6, 6.07) is 27.5. The zero-order chi connectivity index (χ0) is 35.5. The van der Waals surface area contributed by atoms with Gasteiger partial charge in [0.05, 0.1) is 34.8 Å². The number of rotatable bonds is 4. The van der Waals surface area contributed by atoms with E-state index in [-0.39, 0.29) is 16.9 Å². The van der Waals surface area contributed by atoms with E-state index in [4.69, 9.17) is 22.1 Å². The van der Waals surface area contributed by atoms with Gasteiger partial charge in [-0.25, -0.2) is 39.3 Å². The molecule has 0 aliphatic heterocycles. The van der Waals surface area contributed by atoms with Gasteiger partial charge in [-0.15, -0.1) is 0 Å². The fourth-order valence-corrected chi connectivity index (χ4v) is 5.24. The van der Waals surface area contributed by atoms with Crippen LogP contribution >= 0.6 is 11.6 Å². The van der Waals surface area contributed by atoms with Crippen molar-refractivity contribution in [1.82, 2.24) is 49.5 Å². The number of alkyl halides is 3. The van der Waals surface area contributed by atoms with Crippen LogP contribution in [0.5, 0.6) is 0 Å². The molecule has 8 aromatic rings. The predicted molar refractivity (Wildman–Crippen MR) is 179 cm³/mol. The highest BCUT2D eigenvalue weighted by Gasteiger charge is 2.32. The van der Waals surface area contributed by atoms with E-state index in [9.17, 15) is 13.2 Å². The molecule has 51 heavy (non-hydrogen) atoms. The summed E-state index contributed by atoms with van der Waals surface area (Å²) >= 11 is 5.82. The van der Waals surface area contributed by atoms with Crippen molar-refractivity contribution in [3.8, 4) is 46.3 Å². The van der Waals surface area contributed by atoms with E-state index >= 15 is 0 Å². The lowest BCUT2D eigenvalue weighted by Gasteiger charge is -2.09. The Morgan fingerprint density at radius 1 is 0.627 bits per heavy atom. The molecular weight excluding hydrogens is 681 g/mol. The standard InChI is InChI=1S/C18H9N7.C17H9ClF3N5/c19-9-14-2-1-3-18(23-14)25-16-8-12(4-5-13(16)11-22-25)15-6-7-21-17(10-20)24-15;18-16-22-7-6-12(24-16)10-4-5-11-9-23-26(13(11)8-10)15-3-1-2-14(25-15)17(19,20)21/h1-8,11H;1-9H. The van der Waals surface area contributed by atoms with Crippen molar-refractivity contribution in [2.45, 2.75) is 6.18 Å². The van der Waals surface area contributed by atoms with Gasteiger partial charge in [-0.2, -0.15) is 33.9 Å². The van der Waals surface area contributed by atoms with Crippen LogP contribution in [-0.2, 0) is 6.18 Å². The minimum Gasteiger partial charge on any atom is -0.227 e. The second kappa shape index (κ2) is 13.4. The summed E-state index contributed by atoms with van der Waals surface area (Å²) in [5.41, 5.74) is 3.60. The molecule has 0 aliphatic carbocycles. The van der Waals surface area contributed by atoms with Crippen LogP contribution in [0.2, 0.25) is 5.28 Å². The molecule has 0 unspecified atom stereocenters. The minimum atomic E-state index is -4.53. The lowest BCUT2D eigenvalue weighted by Crippen LogP contribution is -2.10. The first-order chi connectivity index (χ1) is 24.7. The molecule has 6 aromatic heterocycles. The van der Waals surface area contributed by atoms with Crippen LogP contribution in [-0.4, -0.2) is 49.5 Å². The fourth-order valence-electron chi connectivity index (χ4n) is 5.09. The van der Waals surface area contributed by atoms with Crippen LogP contribution in [0.3, 0.4) is 0 Å². The molecule has 0 N–H and O–H groups in total. The van der Waals surface area contributed by atoms with E-state index in [0.29, 0.717) is 28.4 Å². The highest BCUT2D eigenvalue weighted by Crippen LogP contribution is 2.30. The van der Waals surface area contributed by atoms with Gasteiger partial charge in [0, 0.05) is 34.3 Å². The van der Waals surface area contributed by atoms with Crippen molar-refractivity contribution in [3.63, 3.8) is 0 Å². The minimum absolute atomic E-state index is 0.0766. The highest BCUT2D eigenvalue weighted by molar-refractivity contribution is 6.28. The Morgan fingerprint density at radius 2 is 1.22 bits per heavy atom. The molecular formula is C35H18ClF3N12. The average molecular weight is 699 g/mol. The number of pyridine rings is 2. The molecule has 0 spiro atoms. The van der Waals surface area contributed by atoms with Crippen molar-refractivity contribution in [3.05, 3.63) is 132 Å². The van der Waals surface area contributed by atoms with E-state index in [1.165, 1.54) is 23.0 Å². The van der Waals surface area contributed by atoms with Crippen molar-refractivity contribution in [1.29, 1.82) is 10.5 Å².